The van der Waals surface area contributed by atoms with E-state index in [1.54, 1.807) is 0 Å². The predicted molar refractivity (Wildman–Crippen MR) is 69.8 cm³/mol. The number of isocyanates is 2. The molecular weight excluding hydrogens is 283 g/mol. The van der Waals surface area contributed by atoms with E-state index in [0.717, 1.165) is 12.2 Å². The summed E-state index contributed by atoms with van der Waals surface area (Å²) in [6.45, 7) is 2.08. The van der Waals surface area contributed by atoms with Gasteiger partial charge in [-0.1, -0.05) is 35.9 Å². The van der Waals surface area contributed by atoms with Crippen LogP contribution < -0.4 is 0 Å². The first-order valence-electron chi connectivity index (χ1n) is 4.21. The van der Waals surface area contributed by atoms with Crippen molar-refractivity contribution in [3.8, 4) is 0 Å². The molecule has 0 unspecified atom stereocenters. The van der Waals surface area contributed by atoms with Crippen LogP contribution in [0.2, 0.25) is 0 Å². The first kappa shape index (κ1) is 26.6. The summed E-state index contributed by atoms with van der Waals surface area (Å²) in [4.78, 5) is 46.0. The minimum absolute atomic E-state index is 0. The van der Waals surface area contributed by atoms with Crippen molar-refractivity contribution < 1.29 is 28.8 Å². The van der Waals surface area contributed by atoms with Gasteiger partial charge in [-0.15, -0.1) is 0 Å². The molecule has 0 radical (unpaired) electrons. The molecule has 0 aliphatic carbocycles. The van der Waals surface area contributed by atoms with Crippen molar-refractivity contribution in [2.75, 3.05) is 0 Å². The number of aryl methyl sites for hydroxylation is 1. The van der Waals surface area contributed by atoms with Gasteiger partial charge in [0, 0.05) is 0 Å². The Balaban J connectivity index is -0.0000000839. The van der Waals surface area contributed by atoms with E-state index in [1.807, 2.05) is 18.2 Å². The average Bonchev–Trinajstić information content (AvgIpc) is 2.18. The van der Waals surface area contributed by atoms with Crippen LogP contribution in [0.1, 0.15) is 5.56 Å². The van der Waals surface area contributed by atoms with E-state index in [1.165, 1.54) is 5.56 Å². The van der Waals surface area contributed by atoms with Crippen molar-refractivity contribution >= 4 is 50.8 Å². The van der Waals surface area contributed by atoms with Crippen molar-refractivity contribution in [3.63, 3.8) is 0 Å². The molecule has 0 saturated carbocycles. The van der Waals surface area contributed by atoms with Crippen LogP contribution in [-0.4, -0.2) is 69.9 Å². The van der Waals surface area contributed by atoms with Crippen molar-refractivity contribution in [1.82, 2.24) is 0 Å². The molecule has 8 nitrogen and oxygen atoms in total. The Morgan fingerprint density at radius 3 is 1.26 bits per heavy atom. The fourth-order valence-corrected chi connectivity index (χ4v) is 0.534. The molecule has 0 amide bonds. The Kier molecular flexibility index (Phi) is 27.1. The Hall–Kier alpha value is -0.963. The van der Waals surface area contributed by atoms with Gasteiger partial charge >= 0.3 is 38.6 Å². The summed E-state index contributed by atoms with van der Waals surface area (Å²) in [6, 6.07) is 10.3. The molecule has 0 aliphatic heterocycles. The minimum atomic E-state index is -4.61. The molecule has 1 aromatic carbocycles. The van der Waals surface area contributed by atoms with Crippen molar-refractivity contribution in [2.45, 2.75) is 6.92 Å². The van der Waals surface area contributed by atoms with Crippen LogP contribution in [0.25, 0.3) is 0 Å². The van der Waals surface area contributed by atoms with Crippen LogP contribution in [-0.2, 0) is 9.59 Å². The molecule has 10 heteroatoms. The number of carbonyl (C=O) groups excluding carboxylic acids is 2. The summed E-state index contributed by atoms with van der Waals surface area (Å²) in [5.41, 5.74) is 1.32. The van der Waals surface area contributed by atoms with Gasteiger partial charge in [-0.25, -0.2) is 20.4 Å². The fraction of sp³-hybridized carbons (Fsp3) is 0.111. The average molecular weight is 298 g/mol. The van der Waals surface area contributed by atoms with E-state index in [9.17, 15) is 0 Å². The zero-order valence-electron chi connectivity index (χ0n) is 9.49. The fourth-order valence-electron chi connectivity index (χ4n) is 0.534. The SMILES string of the molecule is Cc1ccccc1.N=C=O.N=C=O.O[Si](O)(O)O.[NaH]. The Morgan fingerprint density at radius 1 is 0.947 bits per heavy atom. The van der Waals surface area contributed by atoms with Crippen LogP contribution >= 0.6 is 0 Å². The van der Waals surface area contributed by atoms with E-state index in [0.29, 0.717) is 0 Å². The third kappa shape index (κ3) is 77.8. The Bertz CT molecular complexity index is 341. The third-order valence-corrected chi connectivity index (χ3v) is 0.940. The van der Waals surface area contributed by atoms with Crippen molar-refractivity contribution in [1.29, 1.82) is 10.8 Å². The number of rotatable bonds is 0. The second-order valence-corrected chi connectivity index (χ2v) is 3.66. The molecule has 102 valence electrons. The second kappa shape index (κ2) is 19.4. The van der Waals surface area contributed by atoms with Crippen LogP contribution in [0, 0.1) is 17.7 Å². The van der Waals surface area contributed by atoms with Gasteiger partial charge in [0.15, 0.2) is 0 Å². The van der Waals surface area contributed by atoms with Crippen LogP contribution in [0.15, 0.2) is 30.3 Å². The molecule has 0 saturated heterocycles. The van der Waals surface area contributed by atoms with Gasteiger partial charge in [0.2, 0.25) is 12.2 Å². The van der Waals surface area contributed by atoms with Crippen LogP contribution in [0.3, 0.4) is 0 Å². The Morgan fingerprint density at radius 2 is 1.16 bits per heavy atom. The van der Waals surface area contributed by atoms with Gasteiger partial charge in [-0.3, -0.25) is 0 Å². The number of hydrogen-bond acceptors (Lipinski definition) is 8. The van der Waals surface area contributed by atoms with Gasteiger partial charge in [-0.2, -0.15) is 0 Å². The maximum absolute atomic E-state index is 8.35. The molecule has 1 aromatic rings. The van der Waals surface area contributed by atoms with Crippen molar-refractivity contribution in [3.05, 3.63) is 35.9 Å². The molecule has 0 aromatic heterocycles. The molecule has 0 heterocycles. The first-order chi connectivity index (χ1) is 8.22. The van der Waals surface area contributed by atoms with Gasteiger partial charge in [0.1, 0.15) is 0 Å². The molecule has 19 heavy (non-hydrogen) atoms. The molecule has 0 atom stereocenters. The number of nitrogens with one attached hydrogen (secondary N) is 2. The van der Waals surface area contributed by atoms with E-state index in [2.05, 4.69) is 19.1 Å². The molecule has 6 N–H and O–H groups in total. The molecule has 0 fully saturated rings. The van der Waals surface area contributed by atoms with Gasteiger partial charge in [0.05, 0.1) is 0 Å². The van der Waals surface area contributed by atoms with Crippen LogP contribution in [0.5, 0.6) is 0 Å². The molecule has 0 aliphatic rings. The normalized spacial score (nSPS) is 7.21. The number of hydrogen-bond donors (Lipinski definition) is 6. The van der Waals surface area contributed by atoms with Crippen molar-refractivity contribution in [2.24, 2.45) is 0 Å². The molecule has 0 spiro atoms. The third-order valence-electron chi connectivity index (χ3n) is 0.940. The molecule has 1 rings (SSSR count). The van der Waals surface area contributed by atoms with E-state index >= 15 is 0 Å². The van der Waals surface area contributed by atoms with Crippen LogP contribution in [0.4, 0.5) is 0 Å². The van der Waals surface area contributed by atoms with Gasteiger partial charge in [-0.05, 0) is 6.92 Å². The quantitative estimate of drug-likeness (QED) is 0.195. The number of benzene rings is 1. The van der Waals surface area contributed by atoms with Gasteiger partial charge in [0.25, 0.3) is 0 Å². The summed E-state index contributed by atoms with van der Waals surface area (Å²) in [6.07, 6.45) is 1.50. The zero-order chi connectivity index (χ0) is 15.0. The topological polar surface area (TPSA) is 163 Å². The molecular formula is C9H15N2NaO6Si. The standard InChI is InChI=1S/C7H8.2CHNO.Na.H4O4Si.H/c1-7-5-3-2-4-6-7;2*2-1-3;;1-5(2,3)4;/h2-6H,1H3;2*2H;;1-4H;. The molecule has 0 bridgehead atoms. The maximum atomic E-state index is 8.35. The second-order valence-electron chi connectivity index (χ2n) is 2.46. The summed E-state index contributed by atoms with van der Waals surface area (Å²) < 4.78 is 0. The van der Waals surface area contributed by atoms with E-state index in [-0.39, 0.29) is 29.6 Å². The van der Waals surface area contributed by atoms with E-state index < -0.39 is 9.05 Å². The first-order valence-corrected chi connectivity index (χ1v) is 6.00. The summed E-state index contributed by atoms with van der Waals surface area (Å²) in [5, 5.41) is 10.8. The van der Waals surface area contributed by atoms with E-state index in [4.69, 9.17) is 39.6 Å². The summed E-state index contributed by atoms with van der Waals surface area (Å²) >= 11 is 0. The Labute approximate surface area is 133 Å². The van der Waals surface area contributed by atoms with Gasteiger partial charge < -0.3 is 19.2 Å². The summed E-state index contributed by atoms with van der Waals surface area (Å²) in [5.74, 6) is 0. The predicted octanol–water partition coefficient (Wildman–Crippen LogP) is -1.46. The summed E-state index contributed by atoms with van der Waals surface area (Å²) in [7, 11) is -4.61. The monoisotopic (exact) mass is 298 g/mol. The zero-order valence-corrected chi connectivity index (χ0v) is 10.5.